The number of methoxy groups -OCH3 is 1. The van der Waals surface area contributed by atoms with Crippen LogP contribution in [0.2, 0.25) is 0 Å². The molecule has 7 heteroatoms. The van der Waals surface area contributed by atoms with Crippen molar-refractivity contribution in [3.05, 3.63) is 23.8 Å². The molecular formula is C14H19F2N3O2. The highest BCUT2D eigenvalue weighted by Crippen LogP contribution is 2.35. The van der Waals surface area contributed by atoms with E-state index in [-0.39, 0.29) is 23.6 Å². The van der Waals surface area contributed by atoms with Gasteiger partial charge in [0.15, 0.2) is 17.5 Å². The first-order chi connectivity index (χ1) is 9.93. The molecule has 1 aromatic carbocycles. The van der Waals surface area contributed by atoms with Crippen molar-refractivity contribution in [2.45, 2.75) is 32.5 Å². The zero-order valence-electron chi connectivity index (χ0n) is 12.2. The quantitative estimate of drug-likeness (QED) is 0.907. The summed E-state index contributed by atoms with van der Waals surface area (Å²) in [7, 11) is 1.41. The molecule has 1 aliphatic rings. The molecule has 0 aromatic heterocycles. The molecule has 0 amide bonds. The third-order valence-electron chi connectivity index (χ3n) is 3.37. The summed E-state index contributed by atoms with van der Waals surface area (Å²) in [6.07, 6.45) is 0. The summed E-state index contributed by atoms with van der Waals surface area (Å²) in [4.78, 5) is 6.18. The molecule has 2 N–H and O–H groups in total. The summed E-state index contributed by atoms with van der Waals surface area (Å²) in [5.41, 5.74) is 6.69. The fraction of sp³-hybridized carbons (Fsp3) is 0.500. The van der Waals surface area contributed by atoms with Crippen molar-refractivity contribution in [1.82, 2.24) is 4.90 Å². The molecular weight excluding hydrogens is 280 g/mol. The summed E-state index contributed by atoms with van der Waals surface area (Å²) in [5, 5.41) is 0. The molecule has 1 aliphatic heterocycles. The minimum absolute atomic E-state index is 0.0131. The molecule has 1 atom stereocenters. The van der Waals surface area contributed by atoms with E-state index < -0.39 is 6.61 Å². The highest BCUT2D eigenvalue weighted by Gasteiger charge is 2.30. The first-order valence-electron chi connectivity index (χ1n) is 6.65. The van der Waals surface area contributed by atoms with Gasteiger partial charge in [-0.2, -0.15) is 8.78 Å². The lowest BCUT2D eigenvalue weighted by Gasteiger charge is -2.30. The monoisotopic (exact) mass is 299 g/mol. The summed E-state index contributed by atoms with van der Waals surface area (Å²) in [6.45, 7) is 1.59. The average molecular weight is 299 g/mol. The molecule has 0 aliphatic carbocycles. The van der Waals surface area contributed by atoms with E-state index in [4.69, 9.17) is 10.5 Å². The Labute approximate surface area is 122 Å². The van der Waals surface area contributed by atoms with Crippen LogP contribution in [0.15, 0.2) is 23.2 Å². The average Bonchev–Trinajstić information content (AvgIpc) is 2.80. The van der Waals surface area contributed by atoms with Gasteiger partial charge in [0.2, 0.25) is 0 Å². The van der Waals surface area contributed by atoms with Gasteiger partial charge in [0.05, 0.1) is 19.7 Å². The number of aliphatic imine (C=N–C) groups is 1. The Morgan fingerprint density at radius 1 is 1.33 bits per heavy atom. The van der Waals surface area contributed by atoms with Gasteiger partial charge in [0.25, 0.3) is 0 Å². The maximum absolute atomic E-state index is 12.5. The minimum Gasteiger partial charge on any atom is -0.493 e. The van der Waals surface area contributed by atoms with Crippen LogP contribution in [0.5, 0.6) is 11.5 Å². The van der Waals surface area contributed by atoms with Crippen molar-refractivity contribution in [2.24, 2.45) is 10.7 Å². The van der Waals surface area contributed by atoms with Crippen LogP contribution in [0.1, 0.15) is 25.5 Å². The smallest absolute Gasteiger partial charge is 0.387 e. The van der Waals surface area contributed by atoms with Gasteiger partial charge in [0.1, 0.15) is 0 Å². The Kier molecular flexibility index (Phi) is 4.50. The zero-order chi connectivity index (χ0) is 15.6. The van der Waals surface area contributed by atoms with Crippen molar-refractivity contribution < 1.29 is 18.3 Å². The van der Waals surface area contributed by atoms with Gasteiger partial charge in [-0.1, -0.05) is 6.07 Å². The third-order valence-corrected chi connectivity index (χ3v) is 3.37. The van der Waals surface area contributed by atoms with E-state index in [1.807, 2.05) is 24.8 Å². The summed E-state index contributed by atoms with van der Waals surface area (Å²) < 4.78 is 34.5. The number of hydrogen-bond donors (Lipinski definition) is 1. The molecule has 0 spiro atoms. The Balaban J connectivity index is 2.32. The van der Waals surface area contributed by atoms with Crippen molar-refractivity contribution in [3.63, 3.8) is 0 Å². The molecule has 5 nitrogen and oxygen atoms in total. The topological polar surface area (TPSA) is 60.1 Å². The van der Waals surface area contributed by atoms with Crippen molar-refractivity contribution >= 4 is 5.96 Å². The SMILES string of the molecule is COc1ccc(C2CN=C(N)N2C(C)C)cc1OC(F)F. The molecule has 0 bridgehead atoms. The van der Waals surface area contributed by atoms with Crippen LogP contribution < -0.4 is 15.2 Å². The number of guanidine groups is 1. The largest absolute Gasteiger partial charge is 0.493 e. The first kappa shape index (κ1) is 15.3. The molecule has 0 saturated heterocycles. The van der Waals surface area contributed by atoms with Crippen LogP contribution in [0.3, 0.4) is 0 Å². The second-order valence-corrected chi connectivity index (χ2v) is 5.00. The number of benzene rings is 1. The van der Waals surface area contributed by atoms with Crippen molar-refractivity contribution in [3.8, 4) is 11.5 Å². The third kappa shape index (κ3) is 3.17. The van der Waals surface area contributed by atoms with Gasteiger partial charge in [-0.3, -0.25) is 4.99 Å². The van der Waals surface area contributed by atoms with E-state index >= 15 is 0 Å². The van der Waals surface area contributed by atoms with Crippen molar-refractivity contribution in [2.75, 3.05) is 13.7 Å². The Hall–Kier alpha value is -2.05. The minimum atomic E-state index is -2.90. The number of hydrogen-bond acceptors (Lipinski definition) is 5. The summed E-state index contributed by atoms with van der Waals surface area (Å²) in [6, 6.07) is 5.05. The zero-order valence-corrected chi connectivity index (χ0v) is 12.2. The predicted octanol–water partition coefficient (Wildman–Crippen LogP) is 2.38. The van der Waals surface area contributed by atoms with Gasteiger partial charge in [-0.05, 0) is 31.5 Å². The highest BCUT2D eigenvalue weighted by atomic mass is 19.3. The molecule has 1 aromatic rings. The summed E-state index contributed by atoms with van der Waals surface area (Å²) >= 11 is 0. The van der Waals surface area contributed by atoms with Gasteiger partial charge >= 0.3 is 6.61 Å². The number of nitrogens with two attached hydrogens (primary N) is 1. The Morgan fingerprint density at radius 2 is 2.05 bits per heavy atom. The van der Waals surface area contributed by atoms with Crippen LogP contribution in [-0.4, -0.2) is 37.2 Å². The van der Waals surface area contributed by atoms with E-state index in [2.05, 4.69) is 9.73 Å². The molecule has 21 heavy (non-hydrogen) atoms. The number of ether oxygens (including phenoxy) is 2. The number of rotatable bonds is 5. The van der Waals surface area contributed by atoms with Crippen LogP contribution in [-0.2, 0) is 0 Å². The molecule has 1 heterocycles. The molecule has 0 fully saturated rings. The van der Waals surface area contributed by atoms with E-state index in [9.17, 15) is 8.78 Å². The van der Waals surface area contributed by atoms with Crippen LogP contribution in [0, 0.1) is 0 Å². The highest BCUT2D eigenvalue weighted by molar-refractivity contribution is 5.80. The second kappa shape index (κ2) is 6.15. The molecule has 0 radical (unpaired) electrons. The van der Waals surface area contributed by atoms with E-state index in [0.29, 0.717) is 12.5 Å². The van der Waals surface area contributed by atoms with E-state index in [1.165, 1.54) is 7.11 Å². The Morgan fingerprint density at radius 3 is 2.62 bits per heavy atom. The molecule has 1 unspecified atom stereocenters. The standard InChI is InChI=1S/C14H19F2N3O2/c1-8(2)19-10(7-18-14(19)17)9-4-5-11(20-3)12(6-9)21-13(15)16/h4-6,8,10,13H,7H2,1-3H3,(H2,17,18). The normalized spacial score (nSPS) is 18.3. The van der Waals surface area contributed by atoms with Gasteiger partial charge in [-0.25, -0.2) is 0 Å². The lowest BCUT2D eigenvalue weighted by Crippen LogP contribution is -2.40. The number of alkyl halides is 2. The van der Waals surface area contributed by atoms with E-state index in [1.54, 1.807) is 12.1 Å². The fourth-order valence-electron chi connectivity index (χ4n) is 2.49. The summed E-state index contributed by atoms with van der Waals surface area (Å²) in [5.74, 6) is 0.739. The lowest BCUT2D eigenvalue weighted by molar-refractivity contribution is -0.0512. The maximum atomic E-state index is 12.5. The number of halogens is 2. The molecule has 2 rings (SSSR count). The fourth-order valence-corrected chi connectivity index (χ4v) is 2.49. The maximum Gasteiger partial charge on any atom is 0.387 e. The Bertz CT molecular complexity index is 535. The van der Waals surface area contributed by atoms with Crippen LogP contribution in [0.4, 0.5) is 8.78 Å². The molecule has 116 valence electrons. The van der Waals surface area contributed by atoms with Crippen LogP contribution in [0.25, 0.3) is 0 Å². The molecule has 0 saturated carbocycles. The van der Waals surface area contributed by atoms with E-state index in [0.717, 1.165) is 5.56 Å². The van der Waals surface area contributed by atoms with Gasteiger partial charge in [0, 0.05) is 6.04 Å². The van der Waals surface area contributed by atoms with Gasteiger partial charge in [-0.15, -0.1) is 0 Å². The number of nitrogens with zero attached hydrogens (tertiary/aromatic N) is 2. The first-order valence-corrected chi connectivity index (χ1v) is 6.65. The van der Waals surface area contributed by atoms with Crippen LogP contribution >= 0.6 is 0 Å². The van der Waals surface area contributed by atoms with Crippen molar-refractivity contribution in [1.29, 1.82) is 0 Å². The van der Waals surface area contributed by atoms with Gasteiger partial charge < -0.3 is 20.1 Å². The predicted molar refractivity (Wildman–Crippen MR) is 75.8 cm³/mol. The lowest BCUT2D eigenvalue weighted by atomic mass is 10.0. The second-order valence-electron chi connectivity index (χ2n) is 5.00.